The smallest absolute Gasteiger partial charge is 0.337 e. The zero-order valence-electron chi connectivity index (χ0n) is 9.58. The normalized spacial score (nSPS) is 11.2. The molecule has 0 amide bonds. The van der Waals surface area contributed by atoms with E-state index in [1.54, 1.807) is 18.2 Å². The standard InChI is InChI=1S/C13H9ClO4S/c14-12-7-6-10(8-11(12)13(15)16)19(17,18)9-4-2-1-3-5-9/h1-8H,(H,15,16). The van der Waals surface area contributed by atoms with Gasteiger partial charge in [-0.15, -0.1) is 0 Å². The van der Waals surface area contributed by atoms with Gasteiger partial charge in [-0.2, -0.15) is 0 Å². The van der Waals surface area contributed by atoms with Crippen LogP contribution in [0.2, 0.25) is 5.02 Å². The third kappa shape index (κ3) is 2.62. The molecule has 0 fully saturated rings. The number of sulfone groups is 1. The van der Waals surface area contributed by atoms with E-state index in [0.29, 0.717) is 0 Å². The Bertz CT molecular complexity index is 724. The van der Waals surface area contributed by atoms with E-state index >= 15 is 0 Å². The lowest BCUT2D eigenvalue weighted by molar-refractivity contribution is 0.0697. The molecule has 0 aliphatic carbocycles. The molecule has 98 valence electrons. The van der Waals surface area contributed by atoms with Gasteiger partial charge in [0.25, 0.3) is 0 Å². The molecule has 0 spiro atoms. The SMILES string of the molecule is O=C(O)c1cc(S(=O)(=O)c2ccccc2)ccc1Cl. The van der Waals surface area contributed by atoms with Gasteiger partial charge in [0.2, 0.25) is 9.84 Å². The van der Waals surface area contributed by atoms with Crippen LogP contribution in [0.1, 0.15) is 10.4 Å². The predicted octanol–water partition coefficient (Wildman–Crippen LogP) is 2.87. The molecule has 0 bridgehead atoms. The maximum Gasteiger partial charge on any atom is 0.337 e. The monoisotopic (exact) mass is 296 g/mol. The number of carboxylic acids is 1. The van der Waals surface area contributed by atoms with Gasteiger partial charge in [-0.05, 0) is 30.3 Å². The van der Waals surface area contributed by atoms with Crippen LogP contribution in [-0.2, 0) is 9.84 Å². The Hall–Kier alpha value is -1.85. The summed E-state index contributed by atoms with van der Waals surface area (Å²) in [6.07, 6.45) is 0. The zero-order valence-corrected chi connectivity index (χ0v) is 11.1. The lowest BCUT2D eigenvalue weighted by atomic mass is 10.2. The largest absolute Gasteiger partial charge is 0.478 e. The summed E-state index contributed by atoms with van der Waals surface area (Å²) >= 11 is 5.71. The maximum absolute atomic E-state index is 12.3. The number of hydrogen-bond donors (Lipinski definition) is 1. The van der Waals surface area contributed by atoms with Crippen LogP contribution in [0.4, 0.5) is 0 Å². The highest BCUT2D eigenvalue weighted by Gasteiger charge is 2.20. The molecule has 0 saturated carbocycles. The highest BCUT2D eigenvalue weighted by Crippen LogP contribution is 2.25. The average molecular weight is 297 g/mol. The Morgan fingerprint density at radius 2 is 1.63 bits per heavy atom. The average Bonchev–Trinajstić information content (AvgIpc) is 2.39. The minimum absolute atomic E-state index is 0.000452. The summed E-state index contributed by atoms with van der Waals surface area (Å²) < 4.78 is 24.6. The van der Waals surface area contributed by atoms with Gasteiger partial charge in [-0.3, -0.25) is 0 Å². The van der Waals surface area contributed by atoms with Crippen LogP contribution in [0.5, 0.6) is 0 Å². The Labute approximate surface area is 115 Å². The summed E-state index contributed by atoms with van der Waals surface area (Å²) in [6.45, 7) is 0. The fourth-order valence-corrected chi connectivity index (χ4v) is 3.08. The van der Waals surface area contributed by atoms with Crippen LogP contribution >= 0.6 is 11.6 Å². The Balaban J connectivity index is 2.60. The molecule has 4 nitrogen and oxygen atoms in total. The molecule has 0 aliphatic rings. The van der Waals surface area contributed by atoms with E-state index in [0.717, 1.165) is 6.07 Å². The molecule has 0 heterocycles. The van der Waals surface area contributed by atoms with E-state index < -0.39 is 15.8 Å². The van der Waals surface area contributed by atoms with Gasteiger partial charge in [0.1, 0.15) is 0 Å². The first-order chi connectivity index (χ1) is 8.93. The summed E-state index contributed by atoms with van der Waals surface area (Å²) in [5.74, 6) is -1.27. The second-order valence-electron chi connectivity index (χ2n) is 3.76. The third-order valence-electron chi connectivity index (χ3n) is 2.53. The van der Waals surface area contributed by atoms with Gasteiger partial charge in [0.15, 0.2) is 0 Å². The topological polar surface area (TPSA) is 71.4 Å². The fraction of sp³-hybridized carbons (Fsp3) is 0. The first kappa shape index (κ1) is 13.6. The summed E-state index contributed by atoms with van der Waals surface area (Å²) in [5.41, 5.74) is -0.237. The van der Waals surface area contributed by atoms with Crippen molar-refractivity contribution in [1.29, 1.82) is 0 Å². The molecule has 2 rings (SSSR count). The van der Waals surface area contributed by atoms with Crippen LogP contribution < -0.4 is 0 Å². The summed E-state index contributed by atoms with van der Waals surface area (Å²) in [7, 11) is -3.73. The van der Waals surface area contributed by atoms with E-state index in [4.69, 9.17) is 16.7 Å². The molecule has 19 heavy (non-hydrogen) atoms. The number of carbonyl (C=O) groups is 1. The Morgan fingerprint density at radius 3 is 2.21 bits per heavy atom. The molecular formula is C13H9ClO4S. The van der Waals surface area contributed by atoms with Crippen LogP contribution in [0, 0.1) is 0 Å². The maximum atomic E-state index is 12.3. The van der Waals surface area contributed by atoms with E-state index in [1.807, 2.05) is 0 Å². The van der Waals surface area contributed by atoms with Gasteiger partial charge < -0.3 is 5.11 Å². The van der Waals surface area contributed by atoms with Crippen LogP contribution in [0.15, 0.2) is 58.3 Å². The van der Waals surface area contributed by atoms with Crippen molar-refractivity contribution in [3.05, 3.63) is 59.1 Å². The number of carboxylic acid groups (broad SMARTS) is 1. The first-order valence-corrected chi connectivity index (χ1v) is 7.12. The minimum Gasteiger partial charge on any atom is -0.478 e. The van der Waals surface area contributed by atoms with E-state index in [2.05, 4.69) is 0 Å². The van der Waals surface area contributed by atoms with Gasteiger partial charge in [0.05, 0.1) is 20.4 Å². The first-order valence-electron chi connectivity index (χ1n) is 5.26. The fourth-order valence-electron chi connectivity index (χ4n) is 1.57. The number of rotatable bonds is 3. The second kappa shape index (κ2) is 5.03. The zero-order chi connectivity index (χ0) is 14.0. The van der Waals surface area contributed by atoms with Crippen molar-refractivity contribution >= 4 is 27.4 Å². The molecule has 0 aromatic heterocycles. The van der Waals surface area contributed by atoms with Crippen molar-refractivity contribution in [1.82, 2.24) is 0 Å². The number of benzene rings is 2. The van der Waals surface area contributed by atoms with Crippen molar-refractivity contribution in [2.75, 3.05) is 0 Å². The summed E-state index contributed by atoms with van der Waals surface area (Å²) in [5, 5.41) is 8.95. The molecule has 6 heteroatoms. The molecule has 2 aromatic carbocycles. The summed E-state index contributed by atoms with van der Waals surface area (Å²) in [6, 6.07) is 11.4. The predicted molar refractivity (Wildman–Crippen MR) is 70.3 cm³/mol. The van der Waals surface area contributed by atoms with Crippen molar-refractivity contribution < 1.29 is 18.3 Å². The number of aromatic carboxylic acids is 1. The highest BCUT2D eigenvalue weighted by molar-refractivity contribution is 7.91. The third-order valence-corrected chi connectivity index (χ3v) is 4.63. The molecule has 0 unspecified atom stereocenters. The highest BCUT2D eigenvalue weighted by atomic mass is 35.5. The number of halogens is 1. The van der Waals surface area contributed by atoms with Gasteiger partial charge in [-0.25, -0.2) is 13.2 Å². The quantitative estimate of drug-likeness (QED) is 0.945. The van der Waals surface area contributed by atoms with Crippen LogP contribution in [-0.4, -0.2) is 19.5 Å². The lowest BCUT2D eigenvalue weighted by Gasteiger charge is -2.06. The van der Waals surface area contributed by atoms with Gasteiger partial charge in [0, 0.05) is 0 Å². The van der Waals surface area contributed by atoms with E-state index in [-0.39, 0.29) is 20.4 Å². The molecule has 0 aliphatic heterocycles. The minimum atomic E-state index is -3.73. The molecular weight excluding hydrogens is 288 g/mol. The van der Waals surface area contributed by atoms with E-state index in [9.17, 15) is 13.2 Å². The van der Waals surface area contributed by atoms with Crippen LogP contribution in [0.25, 0.3) is 0 Å². The second-order valence-corrected chi connectivity index (χ2v) is 6.12. The van der Waals surface area contributed by atoms with Crippen molar-refractivity contribution in [2.24, 2.45) is 0 Å². The molecule has 0 saturated heterocycles. The van der Waals surface area contributed by atoms with Gasteiger partial charge in [-0.1, -0.05) is 29.8 Å². The molecule has 2 aromatic rings. The van der Waals surface area contributed by atoms with Crippen molar-refractivity contribution in [2.45, 2.75) is 9.79 Å². The summed E-state index contributed by atoms with van der Waals surface area (Å²) in [4.78, 5) is 11.0. The Morgan fingerprint density at radius 1 is 1.00 bits per heavy atom. The van der Waals surface area contributed by atoms with Gasteiger partial charge >= 0.3 is 5.97 Å². The lowest BCUT2D eigenvalue weighted by Crippen LogP contribution is -2.05. The molecule has 1 N–H and O–H groups in total. The molecule has 0 radical (unpaired) electrons. The van der Waals surface area contributed by atoms with Crippen LogP contribution in [0.3, 0.4) is 0 Å². The number of hydrogen-bond acceptors (Lipinski definition) is 3. The van der Waals surface area contributed by atoms with Crippen molar-refractivity contribution in [3.8, 4) is 0 Å². The van der Waals surface area contributed by atoms with E-state index in [1.165, 1.54) is 24.3 Å². The van der Waals surface area contributed by atoms with Crippen molar-refractivity contribution in [3.63, 3.8) is 0 Å². The Kier molecular flexibility index (Phi) is 3.59. The molecule has 0 atom stereocenters.